The van der Waals surface area contributed by atoms with Crippen molar-refractivity contribution in [1.29, 1.82) is 5.26 Å². The summed E-state index contributed by atoms with van der Waals surface area (Å²) in [7, 11) is 0. The SMILES string of the molecule is N#CCOc1cccc(-c2ccccc2N2Cc3ccc(-c4nnc(C(F)F)o4)cc3C2O)c1. The highest BCUT2D eigenvalue weighted by Crippen LogP contribution is 2.42. The van der Waals surface area contributed by atoms with E-state index in [9.17, 15) is 13.9 Å². The molecule has 0 spiro atoms. The zero-order valence-electron chi connectivity index (χ0n) is 17.7. The molecule has 0 saturated heterocycles. The fraction of sp³-hybridized carbons (Fsp3) is 0.160. The zero-order chi connectivity index (χ0) is 23.7. The molecule has 1 aliphatic rings. The van der Waals surface area contributed by atoms with Crippen molar-refractivity contribution < 1.29 is 23.0 Å². The Kier molecular flexibility index (Phi) is 5.65. The molecule has 3 aromatic carbocycles. The Bertz CT molecular complexity index is 1380. The predicted molar refractivity (Wildman–Crippen MR) is 119 cm³/mol. The second-order valence-corrected chi connectivity index (χ2v) is 7.65. The van der Waals surface area contributed by atoms with E-state index < -0.39 is 18.5 Å². The van der Waals surface area contributed by atoms with Crippen LogP contribution in [0.3, 0.4) is 0 Å². The number of benzene rings is 3. The number of nitrogens with zero attached hydrogens (tertiary/aromatic N) is 4. The summed E-state index contributed by atoms with van der Waals surface area (Å²) in [5.74, 6) is -0.197. The van der Waals surface area contributed by atoms with Crippen LogP contribution in [-0.2, 0) is 6.54 Å². The van der Waals surface area contributed by atoms with E-state index in [1.807, 2.05) is 59.5 Å². The van der Waals surface area contributed by atoms with Crippen LogP contribution in [0.1, 0.15) is 29.7 Å². The normalized spacial score (nSPS) is 14.8. The van der Waals surface area contributed by atoms with Crippen LogP contribution in [0, 0.1) is 11.3 Å². The quantitative estimate of drug-likeness (QED) is 0.420. The van der Waals surface area contributed by atoms with Gasteiger partial charge >= 0.3 is 6.43 Å². The number of aromatic nitrogens is 2. The summed E-state index contributed by atoms with van der Waals surface area (Å²) in [5.41, 5.74) is 4.55. The summed E-state index contributed by atoms with van der Waals surface area (Å²) in [6.45, 7) is 0.400. The van der Waals surface area contributed by atoms with E-state index in [0.717, 1.165) is 22.4 Å². The zero-order valence-corrected chi connectivity index (χ0v) is 17.7. The first-order valence-corrected chi connectivity index (χ1v) is 10.4. The van der Waals surface area contributed by atoms with Crippen LogP contribution in [0.15, 0.2) is 71.1 Å². The van der Waals surface area contributed by atoms with Gasteiger partial charge in [0.1, 0.15) is 11.8 Å². The number of anilines is 1. The number of halogens is 2. The Hall–Kier alpha value is -4.29. The van der Waals surface area contributed by atoms with Gasteiger partial charge in [0.25, 0.3) is 5.89 Å². The molecule has 9 heteroatoms. The van der Waals surface area contributed by atoms with Gasteiger partial charge in [0.15, 0.2) is 12.8 Å². The molecule has 0 saturated carbocycles. The van der Waals surface area contributed by atoms with Gasteiger partial charge in [-0.15, -0.1) is 10.2 Å². The Morgan fingerprint density at radius 1 is 1.09 bits per heavy atom. The molecule has 34 heavy (non-hydrogen) atoms. The average Bonchev–Trinajstić information content (AvgIpc) is 3.48. The Morgan fingerprint density at radius 3 is 2.74 bits per heavy atom. The third-order valence-electron chi connectivity index (χ3n) is 5.60. The maximum atomic E-state index is 12.8. The smallest absolute Gasteiger partial charge is 0.314 e. The number of aliphatic hydroxyl groups excluding tert-OH is 1. The van der Waals surface area contributed by atoms with E-state index >= 15 is 0 Å². The Morgan fingerprint density at radius 2 is 1.94 bits per heavy atom. The maximum Gasteiger partial charge on any atom is 0.314 e. The first kappa shape index (κ1) is 21.6. The summed E-state index contributed by atoms with van der Waals surface area (Å²) in [6, 6.07) is 22.2. The minimum Gasteiger partial charge on any atom is -0.479 e. The number of aliphatic hydroxyl groups is 1. The van der Waals surface area contributed by atoms with Crippen LogP contribution in [0.4, 0.5) is 14.5 Å². The van der Waals surface area contributed by atoms with Crippen LogP contribution in [0.2, 0.25) is 0 Å². The topological polar surface area (TPSA) is 95.4 Å². The molecule has 0 aliphatic carbocycles. The van der Waals surface area contributed by atoms with Gasteiger partial charge in [0, 0.05) is 28.9 Å². The first-order chi connectivity index (χ1) is 16.5. The van der Waals surface area contributed by atoms with Crippen molar-refractivity contribution in [1.82, 2.24) is 10.2 Å². The molecule has 2 heterocycles. The largest absolute Gasteiger partial charge is 0.479 e. The predicted octanol–water partition coefficient (Wildman–Crippen LogP) is 5.25. The maximum absolute atomic E-state index is 12.8. The van der Waals surface area contributed by atoms with Crippen molar-refractivity contribution in [2.45, 2.75) is 19.2 Å². The van der Waals surface area contributed by atoms with Crippen LogP contribution in [0.25, 0.3) is 22.6 Å². The van der Waals surface area contributed by atoms with E-state index in [1.165, 1.54) is 0 Å². The molecule has 1 atom stereocenters. The van der Waals surface area contributed by atoms with Gasteiger partial charge in [0.05, 0.1) is 0 Å². The lowest BCUT2D eigenvalue weighted by atomic mass is 10.0. The van der Waals surface area contributed by atoms with Crippen molar-refractivity contribution in [3.8, 4) is 34.4 Å². The number of fused-ring (bicyclic) bond motifs is 1. The van der Waals surface area contributed by atoms with Gasteiger partial charge in [-0.1, -0.05) is 36.4 Å². The minimum absolute atomic E-state index is 0.0293. The summed E-state index contributed by atoms with van der Waals surface area (Å²) in [4.78, 5) is 1.85. The van der Waals surface area contributed by atoms with Crippen molar-refractivity contribution in [2.75, 3.05) is 11.5 Å². The van der Waals surface area contributed by atoms with E-state index in [0.29, 0.717) is 23.4 Å². The van der Waals surface area contributed by atoms with E-state index in [2.05, 4.69) is 10.2 Å². The number of hydrogen-bond donors (Lipinski definition) is 1. The fourth-order valence-corrected chi connectivity index (χ4v) is 4.04. The third-order valence-corrected chi connectivity index (χ3v) is 5.60. The van der Waals surface area contributed by atoms with Crippen molar-refractivity contribution in [3.05, 3.63) is 83.7 Å². The van der Waals surface area contributed by atoms with Gasteiger partial charge in [-0.2, -0.15) is 14.0 Å². The summed E-state index contributed by atoms with van der Waals surface area (Å²) < 4.78 is 36.1. The number of rotatable bonds is 6. The fourth-order valence-electron chi connectivity index (χ4n) is 4.04. The van der Waals surface area contributed by atoms with Crippen LogP contribution in [-0.4, -0.2) is 21.9 Å². The highest BCUT2D eigenvalue weighted by Gasteiger charge is 2.31. The number of ether oxygens (including phenoxy) is 1. The summed E-state index contributed by atoms with van der Waals surface area (Å²) in [6.07, 6.45) is -3.82. The molecule has 1 aromatic heterocycles. The Balaban J connectivity index is 1.47. The Labute approximate surface area is 193 Å². The van der Waals surface area contributed by atoms with Gasteiger partial charge in [-0.05, 0) is 41.5 Å². The lowest BCUT2D eigenvalue weighted by Gasteiger charge is -2.26. The highest BCUT2D eigenvalue weighted by molar-refractivity contribution is 5.80. The second kappa shape index (κ2) is 8.92. The van der Waals surface area contributed by atoms with Crippen LogP contribution < -0.4 is 9.64 Å². The molecule has 0 bridgehead atoms. The van der Waals surface area contributed by atoms with Gasteiger partial charge < -0.3 is 19.2 Å². The van der Waals surface area contributed by atoms with E-state index in [1.54, 1.807) is 18.2 Å². The molecule has 1 N–H and O–H groups in total. The molecule has 4 aromatic rings. The molecule has 0 fully saturated rings. The lowest BCUT2D eigenvalue weighted by Crippen LogP contribution is -2.21. The van der Waals surface area contributed by atoms with Crippen molar-refractivity contribution in [2.24, 2.45) is 0 Å². The third kappa shape index (κ3) is 3.95. The molecule has 1 unspecified atom stereocenters. The van der Waals surface area contributed by atoms with Crippen molar-refractivity contribution >= 4 is 5.69 Å². The highest BCUT2D eigenvalue weighted by atomic mass is 19.3. The molecular weight excluding hydrogens is 442 g/mol. The lowest BCUT2D eigenvalue weighted by molar-refractivity contribution is 0.116. The molecular formula is C25H18F2N4O3. The monoisotopic (exact) mass is 460 g/mol. The molecule has 0 radical (unpaired) electrons. The standard InChI is InChI=1S/C25H18F2N4O3/c26-22(27)24-30-29-23(34-24)16-8-9-17-14-31(25(32)20(17)13-16)21-7-2-1-6-19(21)15-4-3-5-18(12-15)33-11-10-28/h1-9,12-13,22,25,32H,11,14H2. The minimum atomic E-state index is -2.85. The number of nitriles is 1. The molecule has 5 rings (SSSR count). The van der Waals surface area contributed by atoms with E-state index in [-0.39, 0.29) is 12.5 Å². The van der Waals surface area contributed by atoms with E-state index in [4.69, 9.17) is 14.4 Å². The van der Waals surface area contributed by atoms with Gasteiger partial charge in [0.2, 0.25) is 5.89 Å². The summed E-state index contributed by atoms with van der Waals surface area (Å²) in [5, 5.41) is 27.0. The molecule has 170 valence electrons. The molecule has 1 aliphatic heterocycles. The van der Waals surface area contributed by atoms with Crippen molar-refractivity contribution in [3.63, 3.8) is 0 Å². The molecule has 0 amide bonds. The van der Waals surface area contributed by atoms with Gasteiger partial charge in [-0.3, -0.25) is 0 Å². The molecule has 7 nitrogen and oxygen atoms in total. The summed E-state index contributed by atoms with van der Waals surface area (Å²) >= 11 is 0. The number of para-hydroxylation sites is 1. The second-order valence-electron chi connectivity index (χ2n) is 7.65. The average molecular weight is 460 g/mol. The van der Waals surface area contributed by atoms with Crippen LogP contribution in [0.5, 0.6) is 5.75 Å². The van der Waals surface area contributed by atoms with Gasteiger partial charge in [-0.25, -0.2) is 0 Å². The number of alkyl halides is 2. The number of hydrogen-bond acceptors (Lipinski definition) is 7. The first-order valence-electron chi connectivity index (χ1n) is 10.4. The van der Waals surface area contributed by atoms with Crippen LogP contribution >= 0.6 is 0 Å².